The lowest BCUT2D eigenvalue weighted by molar-refractivity contribution is 0.0991. The number of nitrogens with one attached hydrogen (secondary N) is 2. The molecule has 0 radical (unpaired) electrons. The van der Waals surface area contributed by atoms with Crippen molar-refractivity contribution in [1.29, 1.82) is 0 Å². The zero-order valence-corrected chi connectivity index (χ0v) is 19.0. The van der Waals surface area contributed by atoms with Crippen LogP contribution in [0.1, 0.15) is 26.2 Å². The van der Waals surface area contributed by atoms with E-state index in [1.54, 1.807) is 18.2 Å². The molecule has 0 aliphatic carbocycles. The Morgan fingerprint density at radius 1 is 1.41 bits per heavy atom. The summed E-state index contributed by atoms with van der Waals surface area (Å²) in [6.45, 7) is 3.06. The Labute approximate surface area is 187 Å². The number of aliphatic hydroxyl groups excluding tert-OH is 1. The fourth-order valence-electron chi connectivity index (χ4n) is 3.32. The van der Waals surface area contributed by atoms with E-state index >= 15 is 0 Å². The summed E-state index contributed by atoms with van der Waals surface area (Å²) >= 11 is 12.0. The fraction of sp³-hybridized carbons (Fsp3) is 0.611. The van der Waals surface area contributed by atoms with Crippen LogP contribution >= 0.6 is 47.2 Å². The lowest BCUT2D eigenvalue weighted by Gasteiger charge is -2.23. The van der Waals surface area contributed by atoms with Crippen molar-refractivity contribution in [2.24, 2.45) is 4.99 Å². The number of aliphatic imine (C=N–C) groups is 1. The standard InChI is InChI=1S/C18H25Cl2N3O3.HI/c1-2-21-18(23-14-8-12-6-7-15(14)26-12)22-9-11(24)10-25-16-5-3-4-13(19)17(16)20;/h3-5,11-12,14-15,24H,2,6-10H2,1H3,(H2,21,22,23);1H. The van der Waals surface area contributed by atoms with Crippen molar-refractivity contribution < 1.29 is 14.6 Å². The topological polar surface area (TPSA) is 75.1 Å². The van der Waals surface area contributed by atoms with Crippen LogP contribution in [0.5, 0.6) is 5.75 Å². The van der Waals surface area contributed by atoms with E-state index in [0.29, 0.717) is 27.9 Å². The van der Waals surface area contributed by atoms with E-state index in [9.17, 15) is 5.11 Å². The van der Waals surface area contributed by atoms with Gasteiger partial charge in [-0.3, -0.25) is 4.99 Å². The Balaban J connectivity index is 0.00000261. The summed E-state index contributed by atoms with van der Waals surface area (Å²) in [5, 5.41) is 17.6. The lowest BCUT2D eigenvalue weighted by atomic mass is 9.96. The van der Waals surface area contributed by atoms with Crippen molar-refractivity contribution in [2.75, 3.05) is 19.7 Å². The number of hydrogen-bond acceptors (Lipinski definition) is 4. The Kier molecular flexibility index (Phi) is 9.21. The van der Waals surface area contributed by atoms with Gasteiger partial charge < -0.3 is 25.2 Å². The van der Waals surface area contributed by atoms with Crippen LogP contribution < -0.4 is 15.4 Å². The van der Waals surface area contributed by atoms with Gasteiger partial charge in [-0.05, 0) is 38.3 Å². The third-order valence-corrected chi connectivity index (χ3v) is 5.38. The molecular formula is C18H26Cl2IN3O3. The van der Waals surface area contributed by atoms with Gasteiger partial charge in [0.1, 0.15) is 23.5 Å². The zero-order valence-electron chi connectivity index (χ0n) is 15.2. The first-order valence-corrected chi connectivity index (χ1v) is 9.77. The van der Waals surface area contributed by atoms with Gasteiger partial charge in [-0.15, -0.1) is 24.0 Å². The van der Waals surface area contributed by atoms with Gasteiger partial charge in [0.25, 0.3) is 0 Å². The highest BCUT2D eigenvalue weighted by Crippen LogP contribution is 2.34. The van der Waals surface area contributed by atoms with Gasteiger partial charge in [0.2, 0.25) is 0 Å². The zero-order chi connectivity index (χ0) is 18.5. The van der Waals surface area contributed by atoms with Crippen molar-refractivity contribution in [3.8, 4) is 5.75 Å². The maximum atomic E-state index is 10.2. The summed E-state index contributed by atoms with van der Waals surface area (Å²) < 4.78 is 11.4. The molecule has 1 aromatic carbocycles. The molecule has 0 amide bonds. The van der Waals surface area contributed by atoms with Gasteiger partial charge in [-0.1, -0.05) is 29.3 Å². The van der Waals surface area contributed by atoms with Crippen LogP contribution in [0.25, 0.3) is 0 Å². The molecule has 0 aromatic heterocycles. The Morgan fingerprint density at radius 2 is 2.22 bits per heavy atom. The molecule has 152 valence electrons. The molecule has 9 heteroatoms. The maximum Gasteiger partial charge on any atom is 0.191 e. The van der Waals surface area contributed by atoms with Crippen molar-refractivity contribution in [3.05, 3.63) is 28.2 Å². The summed E-state index contributed by atoms with van der Waals surface area (Å²) in [5.41, 5.74) is 0. The number of ether oxygens (including phenoxy) is 2. The minimum atomic E-state index is -0.753. The third-order valence-electron chi connectivity index (χ3n) is 4.58. The maximum absolute atomic E-state index is 10.2. The summed E-state index contributed by atoms with van der Waals surface area (Å²) in [4.78, 5) is 4.46. The number of rotatable bonds is 7. The van der Waals surface area contributed by atoms with Crippen molar-refractivity contribution in [1.82, 2.24) is 10.6 Å². The highest BCUT2D eigenvalue weighted by molar-refractivity contribution is 14.0. The second kappa shape index (κ2) is 10.9. The van der Waals surface area contributed by atoms with Gasteiger partial charge in [0, 0.05) is 6.54 Å². The molecule has 0 spiro atoms. The van der Waals surface area contributed by atoms with Crippen LogP contribution in [-0.2, 0) is 4.74 Å². The summed E-state index contributed by atoms with van der Waals surface area (Å²) in [7, 11) is 0. The monoisotopic (exact) mass is 529 g/mol. The molecule has 6 nitrogen and oxygen atoms in total. The van der Waals surface area contributed by atoms with E-state index in [1.807, 2.05) is 6.92 Å². The molecule has 3 N–H and O–H groups in total. The Morgan fingerprint density at radius 3 is 2.89 bits per heavy atom. The average molecular weight is 530 g/mol. The van der Waals surface area contributed by atoms with Crippen LogP contribution in [0.4, 0.5) is 0 Å². The summed E-state index contributed by atoms with van der Waals surface area (Å²) in [5.74, 6) is 1.14. The van der Waals surface area contributed by atoms with Gasteiger partial charge in [0.05, 0.1) is 29.8 Å². The molecule has 4 atom stereocenters. The lowest BCUT2D eigenvalue weighted by Crippen LogP contribution is -2.47. The fourth-order valence-corrected chi connectivity index (χ4v) is 3.66. The second-order valence-corrected chi connectivity index (χ2v) is 7.38. The SMILES string of the molecule is CCNC(=NCC(O)COc1cccc(Cl)c1Cl)NC1CC2CCC1O2.I. The second-order valence-electron chi connectivity index (χ2n) is 6.60. The number of guanidine groups is 1. The van der Waals surface area contributed by atoms with Crippen molar-refractivity contribution >= 4 is 53.1 Å². The molecule has 2 aliphatic heterocycles. The molecule has 4 unspecified atom stereocenters. The number of aliphatic hydroxyl groups is 1. The highest BCUT2D eigenvalue weighted by atomic mass is 127. The third kappa shape index (κ3) is 6.25. The Hall–Kier alpha value is -0.480. The minimum absolute atomic E-state index is 0. The first-order valence-electron chi connectivity index (χ1n) is 9.02. The van der Waals surface area contributed by atoms with Gasteiger partial charge in [-0.2, -0.15) is 0 Å². The van der Waals surface area contributed by atoms with Gasteiger partial charge in [0.15, 0.2) is 5.96 Å². The molecule has 2 heterocycles. The van der Waals surface area contributed by atoms with E-state index < -0.39 is 6.10 Å². The molecular weight excluding hydrogens is 504 g/mol. The van der Waals surface area contributed by atoms with Gasteiger partial charge in [-0.25, -0.2) is 0 Å². The van der Waals surface area contributed by atoms with Crippen LogP contribution in [0.15, 0.2) is 23.2 Å². The smallest absolute Gasteiger partial charge is 0.191 e. The van der Waals surface area contributed by atoms with Crippen LogP contribution in [0, 0.1) is 0 Å². The molecule has 2 bridgehead atoms. The molecule has 1 aromatic rings. The summed E-state index contributed by atoms with van der Waals surface area (Å²) in [6.07, 6.45) is 3.14. The van der Waals surface area contributed by atoms with E-state index in [-0.39, 0.29) is 49.3 Å². The average Bonchev–Trinajstić information content (AvgIpc) is 3.24. The quantitative estimate of drug-likeness (QED) is 0.287. The number of halogens is 3. The number of fused-ring (bicyclic) bond motifs is 2. The molecule has 0 saturated carbocycles. The number of hydrogen-bond donors (Lipinski definition) is 3. The first-order chi connectivity index (χ1) is 12.6. The predicted molar refractivity (Wildman–Crippen MR) is 119 cm³/mol. The van der Waals surface area contributed by atoms with E-state index in [4.69, 9.17) is 32.7 Å². The highest BCUT2D eigenvalue weighted by Gasteiger charge is 2.41. The van der Waals surface area contributed by atoms with Crippen LogP contribution in [0.2, 0.25) is 10.0 Å². The van der Waals surface area contributed by atoms with Crippen LogP contribution in [0.3, 0.4) is 0 Å². The minimum Gasteiger partial charge on any atom is -0.489 e. The number of nitrogens with zero attached hydrogens (tertiary/aromatic N) is 1. The predicted octanol–water partition coefficient (Wildman–Crippen LogP) is 3.23. The largest absolute Gasteiger partial charge is 0.489 e. The number of benzene rings is 1. The van der Waals surface area contributed by atoms with Crippen LogP contribution in [-0.4, -0.2) is 55.1 Å². The van der Waals surface area contributed by atoms with Crippen molar-refractivity contribution in [3.63, 3.8) is 0 Å². The Bertz CT molecular complexity index is 650. The molecule has 27 heavy (non-hydrogen) atoms. The normalized spacial score (nSPS) is 25.0. The molecule has 2 fully saturated rings. The first kappa shape index (κ1) is 22.8. The molecule has 2 aliphatic rings. The summed E-state index contributed by atoms with van der Waals surface area (Å²) in [6, 6.07) is 5.43. The molecule has 3 rings (SSSR count). The van der Waals surface area contributed by atoms with E-state index in [1.165, 1.54) is 0 Å². The van der Waals surface area contributed by atoms with E-state index in [0.717, 1.165) is 25.8 Å². The van der Waals surface area contributed by atoms with Gasteiger partial charge >= 0.3 is 0 Å². The van der Waals surface area contributed by atoms with Crippen molar-refractivity contribution in [2.45, 2.75) is 50.5 Å². The molecule has 2 saturated heterocycles. The van der Waals surface area contributed by atoms with E-state index in [2.05, 4.69) is 15.6 Å².